The van der Waals surface area contributed by atoms with Gasteiger partial charge in [-0.05, 0) is 32.2 Å². The molecule has 1 aromatic heterocycles. The second kappa shape index (κ2) is 7.33. The number of hydrogen-bond donors (Lipinski definition) is 1. The van der Waals surface area contributed by atoms with Crippen molar-refractivity contribution in [2.45, 2.75) is 37.8 Å². The Bertz CT molecular complexity index is 475. The van der Waals surface area contributed by atoms with Gasteiger partial charge < -0.3 is 14.5 Å². The van der Waals surface area contributed by atoms with Crippen molar-refractivity contribution in [1.82, 2.24) is 10.2 Å². The topological polar surface area (TPSA) is 54.7 Å². The van der Waals surface area contributed by atoms with E-state index >= 15 is 0 Å². The third-order valence-corrected chi connectivity index (χ3v) is 4.39. The van der Waals surface area contributed by atoms with Gasteiger partial charge in [0.1, 0.15) is 5.76 Å². The Morgan fingerprint density at radius 2 is 2.29 bits per heavy atom. The van der Waals surface area contributed by atoms with Crippen LogP contribution in [0.5, 0.6) is 0 Å². The highest BCUT2D eigenvalue weighted by Gasteiger charge is 2.35. The van der Waals surface area contributed by atoms with Crippen LogP contribution in [-0.2, 0) is 10.5 Å². The fourth-order valence-electron chi connectivity index (χ4n) is 2.56. The zero-order valence-electron chi connectivity index (χ0n) is 13.1. The molecule has 0 spiro atoms. The van der Waals surface area contributed by atoms with Crippen LogP contribution in [0.4, 0.5) is 0 Å². The van der Waals surface area contributed by atoms with E-state index in [1.807, 2.05) is 12.3 Å². The minimum absolute atomic E-state index is 0.000926. The number of nitrogens with one attached hydrogen (secondary N) is 1. The number of carbonyl (C=O) groups excluding carboxylic acids is 1. The zero-order valence-corrected chi connectivity index (χ0v) is 13.9. The maximum atomic E-state index is 12.3. The number of furan rings is 1. The van der Waals surface area contributed by atoms with Gasteiger partial charge in [0.25, 0.3) is 5.91 Å². The summed E-state index contributed by atoms with van der Waals surface area (Å²) in [6.45, 7) is 5.95. The standard InChI is InChI=1S/C15H24N2O3S/c1-10(2)17-7-12(14(8-17)19-3)16-15(18)13-6-5-11(20-13)9-21-4/h5-6,10,12,14H,7-9H2,1-4H3,(H,16,18)/t12-,14-/m0/s1. The molecule has 118 valence electrons. The van der Waals surface area contributed by atoms with Gasteiger partial charge in [-0.1, -0.05) is 0 Å². The van der Waals surface area contributed by atoms with Crippen LogP contribution in [0.15, 0.2) is 16.5 Å². The van der Waals surface area contributed by atoms with Crippen LogP contribution in [-0.4, -0.2) is 55.4 Å². The second-order valence-corrected chi connectivity index (χ2v) is 6.47. The molecule has 0 unspecified atom stereocenters. The van der Waals surface area contributed by atoms with Crippen molar-refractivity contribution in [2.24, 2.45) is 0 Å². The molecule has 21 heavy (non-hydrogen) atoms. The highest BCUT2D eigenvalue weighted by Crippen LogP contribution is 2.18. The van der Waals surface area contributed by atoms with Gasteiger partial charge >= 0.3 is 0 Å². The molecule has 1 saturated heterocycles. The molecule has 2 atom stereocenters. The molecule has 6 heteroatoms. The quantitative estimate of drug-likeness (QED) is 0.870. The van der Waals surface area contributed by atoms with E-state index in [1.54, 1.807) is 24.9 Å². The minimum atomic E-state index is -0.167. The maximum absolute atomic E-state index is 12.3. The van der Waals surface area contributed by atoms with Gasteiger partial charge in [0.2, 0.25) is 0 Å². The van der Waals surface area contributed by atoms with Crippen molar-refractivity contribution < 1.29 is 13.9 Å². The van der Waals surface area contributed by atoms with E-state index in [9.17, 15) is 4.79 Å². The fourth-order valence-corrected chi connectivity index (χ4v) is 3.00. The SMILES string of the molecule is CO[C@H]1CN(C(C)C)C[C@@H]1NC(=O)c1ccc(CSC)o1. The van der Waals surface area contributed by atoms with Gasteiger partial charge in [0.05, 0.1) is 17.9 Å². The third-order valence-electron chi connectivity index (χ3n) is 3.82. The lowest BCUT2D eigenvalue weighted by molar-refractivity contribution is 0.0736. The minimum Gasteiger partial charge on any atom is -0.455 e. The van der Waals surface area contributed by atoms with Gasteiger partial charge in [-0.25, -0.2) is 0 Å². The van der Waals surface area contributed by atoms with Crippen LogP contribution in [0.3, 0.4) is 0 Å². The smallest absolute Gasteiger partial charge is 0.287 e. The molecule has 1 N–H and O–H groups in total. The molecule has 0 aliphatic carbocycles. The molecular formula is C15H24N2O3S. The first-order valence-corrected chi connectivity index (χ1v) is 8.60. The second-order valence-electron chi connectivity index (χ2n) is 5.60. The lowest BCUT2D eigenvalue weighted by atomic mass is 10.2. The number of hydrogen-bond acceptors (Lipinski definition) is 5. The van der Waals surface area contributed by atoms with Gasteiger partial charge in [-0.15, -0.1) is 0 Å². The summed E-state index contributed by atoms with van der Waals surface area (Å²) < 4.78 is 11.0. The highest BCUT2D eigenvalue weighted by atomic mass is 32.2. The number of thioether (sulfide) groups is 1. The molecule has 1 aromatic rings. The number of carbonyl (C=O) groups is 1. The van der Waals surface area contributed by atoms with Crippen molar-refractivity contribution in [2.75, 3.05) is 26.5 Å². The summed E-state index contributed by atoms with van der Waals surface area (Å²) in [6.07, 6.45) is 2.03. The molecule has 1 aliphatic rings. The zero-order chi connectivity index (χ0) is 15.4. The van der Waals surface area contributed by atoms with E-state index in [1.165, 1.54) is 0 Å². The molecule has 2 heterocycles. The van der Waals surface area contributed by atoms with Crippen LogP contribution in [0.25, 0.3) is 0 Å². The van der Waals surface area contributed by atoms with Gasteiger partial charge in [0.15, 0.2) is 5.76 Å². The van der Waals surface area contributed by atoms with Crippen LogP contribution < -0.4 is 5.32 Å². The number of rotatable bonds is 6. The average molecular weight is 312 g/mol. The summed E-state index contributed by atoms with van der Waals surface area (Å²) in [7, 11) is 1.69. The number of ether oxygens (including phenoxy) is 1. The van der Waals surface area contributed by atoms with Crippen LogP contribution in [0.1, 0.15) is 30.2 Å². The lowest BCUT2D eigenvalue weighted by Crippen LogP contribution is -2.43. The van der Waals surface area contributed by atoms with Crippen LogP contribution in [0.2, 0.25) is 0 Å². The van der Waals surface area contributed by atoms with E-state index in [0.29, 0.717) is 11.8 Å². The number of amides is 1. The number of nitrogens with zero attached hydrogens (tertiary/aromatic N) is 1. The molecule has 0 radical (unpaired) electrons. The number of methoxy groups -OCH3 is 1. The summed E-state index contributed by atoms with van der Waals surface area (Å²) in [5.74, 6) is 1.81. The molecule has 0 saturated carbocycles. The highest BCUT2D eigenvalue weighted by molar-refractivity contribution is 7.97. The van der Waals surface area contributed by atoms with E-state index < -0.39 is 0 Å². The number of likely N-dealkylation sites (tertiary alicyclic amines) is 1. The van der Waals surface area contributed by atoms with Crippen LogP contribution >= 0.6 is 11.8 Å². The first-order valence-electron chi connectivity index (χ1n) is 7.20. The molecule has 2 rings (SSSR count). The Morgan fingerprint density at radius 1 is 1.52 bits per heavy atom. The molecule has 1 amide bonds. The Balaban J connectivity index is 1.97. The lowest BCUT2D eigenvalue weighted by Gasteiger charge is -2.19. The van der Waals surface area contributed by atoms with E-state index in [4.69, 9.17) is 9.15 Å². The normalized spacial score (nSPS) is 22.9. The average Bonchev–Trinajstić information content (AvgIpc) is 3.06. The molecular weight excluding hydrogens is 288 g/mol. The predicted molar refractivity (Wildman–Crippen MR) is 84.7 cm³/mol. The fraction of sp³-hybridized carbons (Fsp3) is 0.667. The Labute approximate surface area is 130 Å². The van der Waals surface area contributed by atoms with E-state index in [0.717, 1.165) is 24.6 Å². The predicted octanol–water partition coefficient (Wildman–Crippen LogP) is 1.98. The summed E-state index contributed by atoms with van der Waals surface area (Å²) >= 11 is 1.67. The Morgan fingerprint density at radius 3 is 2.90 bits per heavy atom. The van der Waals surface area contributed by atoms with Crippen molar-refractivity contribution in [3.63, 3.8) is 0 Å². The molecule has 5 nitrogen and oxygen atoms in total. The molecule has 1 aliphatic heterocycles. The summed E-state index contributed by atoms with van der Waals surface area (Å²) in [6, 6.07) is 4.03. The first kappa shape index (κ1) is 16.4. The third kappa shape index (κ3) is 4.02. The van der Waals surface area contributed by atoms with E-state index in [-0.39, 0.29) is 18.1 Å². The van der Waals surface area contributed by atoms with Gasteiger partial charge in [-0.2, -0.15) is 11.8 Å². The Kier molecular flexibility index (Phi) is 5.72. The summed E-state index contributed by atoms with van der Waals surface area (Å²) in [5, 5.41) is 3.03. The largest absolute Gasteiger partial charge is 0.455 e. The molecule has 0 bridgehead atoms. The van der Waals surface area contributed by atoms with E-state index in [2.05, 4.69) is 24.1 Å². The van der Waals surface area contributed by atoms with Gasteiger partial charge in [-0.3, -0.25) is 9.69 Å². The Hall–Kier alpha value is -0.980. The van der Waals surface area contributed by atoms with Crippen LogP contribution in [0, 0.1) is 0 Å². The van der Waals surface area contributed by atoms with Crippen molar-refractivity contribution in [3.8, 4) is 0 Å². The maximum Gasteiger partial charge on any atom is 0.287 e. The summed E-state index contributed by atoms with van der Waals surface area (Å²) in [5.41, 5.74) is 0. The van der Waals surface area contributed by atoms with Crippen molar-refractivity contribution >= 4 is 17.7 Å². The summed E-state index contributed by atoms with van der Waals surface area (Å²) in [4.78, 5) is 14.6. The monoisotopic (exact) mass is 312 g/mol. The van der Waals surface area contributed by atoms with Gasteiger partial charge in [0, 0.05) is 26.2 Å². The first-order chi connectivity index (χ1) is 10.0. The molecule has 1 fully saturated rings. The van der Waals surface area contributed by atoms with Crippen molar-refractivity contribution in [1.29, 1.82) is 0 Å². The molecule has 0 aromatic carbocycles. The van der Waals surface area contributed by atoms with Crippen molar-refractivity contribution in [3.05, 3.63) is 23.7 Å².